The minimum Gasteiger partial charge on any atom is -0.338 e. The monoisotopic (exact) mass is 343 g/mol. The number of thiophene rings is 1. The van der Waals surface area contributed by atoms with Gasteiger partial charge in [0.25, 0.3) is 0 Å². The fourth-order valence-electron chi connectivity index (χ4n) is 1.59. The van der Waals surface area contributed by atoms with E-state index in [-0.39, 0.29) is 0 Å². The van der Waals surface area contributed by atoms with Crippen LogP contribution in [0.4, 0.5) is 13.2 Å². The van der Waals surface area contributed by atoms with Gasteiger partial charge in [-0.05, 0) is 23.6 Å². The smallest absolute Gasteiger partial charge is 0.338 e. The summed E-state index contributed by atoms with van der Waals surface area (Å²) < 4.78 is 42.4. The van der Waals surface area contributed by atoms with Gasteiger partial charge in [-0.15, -0.1) is 0 Å². The highest BCUT2D eigenvalue weighted by molar-refractivity contribution is 7.98. The number of aromatic nitrogens is 3. The van der Waals surface area contributed by atoms with Crippen LogP contribution in [0.15, 0.2) is 44.7 Å². The van der Waals surface area contributed by atoms with Crippen LogP contribution < -0.4 is 0 Å². The highest BCUT2D eigenvalue weighted by Gasteiger charge is 2.30. The van der Waals surface area contributed by atoms with E-state index in [0.29, 0.717) is 22.5 Å². The quantitative estimate of drug-likeness (QED) is 0.653. The number of pyridine rings is 1. The average Bonchev–Trinajstić information content (AvgIpc) is 3.15. The number of rotatable bonds is 4. The Hall–Kier alpha value is -1.87. The second-order valence-electron chi connectivity index (χ2n) is 4.20. The zero-order valence-corrected chi connectivity index (χ0v) is 12.5. The summed E-state index contributed by atoms with van der Waals surface area (Å²) in [6, 6.07) is 4.20. The summed E-state index contributed by atoms with van der Waals surface area (Å²) in [5.74, 6) is 1.24. The maximum absolute atomic E-state index is 12.4. The van der Waals surface area contributed by atoms with Crippen LogP contribution >= 0.6 is 23.1 Å². The van der Waals surface area contributed by atoms with Gasteiger partial charge in [-0.1, -0.05) is 16.9 Å². The van der Waals surface area contributed by atoms with Crippen molar-refractivity contribution in [2.24, 2.45) is 0 Å². The zero-order chi connectivity index (χ0) is 15.6. The molecule has 3 heterocycles. The third kappa shape index (κ3) is 3.47. The number of alkyl halides is 3. The molecule has 0 aliphatic carbocycles. The van der Waals surface area contributed by atoms with Crippen molar-refractivity contribution in [1.29, 1.82) is 0 Å². The standard InChI is InChI=1S/C13H8F3N3OS2/c14-13(15,16)9-1-2-11(17-5-9)22-7-10-18-12(19-20-10)8-3-4-21-6-8/h1-6H,7H2. The Morgan fingerprint density at radius 3 is 2.73 bits per heavy atom. The lowest BCUT2D eigenvalue weighted by atomic mass is 10.3. The largest absolute Gasteiger partial charge is 0.417 e. The fourth-order valence-corrected chi connectivity index (χ4v) is 2.91. The SMILES string of the molecule is FC(F)(F)c1ccc(SCc2nc(-c3ccsc3)no2)nc1. The Kier molecular flexibility index (Phi) is 4.16. The molecule has 3 rings (SSSR count). The van der Waals surface area contributed by atoms with Gasteiger partial charge in [0.2, 0.25) is 11.7 Å². The summed E-state index contributed by atoms with van der Waals surface area (Å²) in [5, 5.41) is 8.13. The van der Waals surface area contributed by atoms with E-state index in [1.807, 2.05) is 16.8 Å². The third-order valence-corrected chi connectivity index (χ3v) is 4.27. The van der Waals surface area contributed by atoms with Crippen molar-refractivity contribution >= 4 is 23.1 Å². The molecule has 9 heteroatoms. The number of nitrogens with zero attached hydrogens (tertiary/aromatic N) is 3. The van der Waals surface area contributed by atoms with Crippen LogP contribution in [0.25, 0.3) is 11.4 Å². The van der Waals surface area contributed by atoms with Crippen LogP contribution in [-0.4, -0.2) is 15.1 Å². The van der Waals surface area contributed by atoms with Gasteiger partial charge >= 0.3 is 6.18 Å². The third-order valence-electron chi connectivity index (χ3n) is 2.65. The van der Waals surface area contributed by atoms with Crippen LogP contribution in [0.5, 0.6) is 0 Å². The van der Waals surface area contributed by atoms with Gasteiger partial charge in [0.15, 0.2) is 0 Å². The maximum atomic E-state index is 12.4. The molecule has 0 aliphatic rings. The van der Waals surface area contributed by atoms with E-state index in [9.17, 15) is 13.2 Å². The van der Waals surface area contributed by atoms with Gasteiger partial charge in [0.1, 0.15) is 0 Å². The molecule has 0 amide bonds. The van der Waals surface area contributed by atoms with Crippen molar-refractivity contribution in [3.63, 3.8) is 0 Å². The van der Waals surface area contributed by atoms with Crippen LogP contribution in [0.3, 0.4) is 0 Å². The Labute approximate surface area is 131 Å². The van der Waals surface area contributed by atoms with Crippen LogP contribution in [0, 0.1) is 0 Å². The summed E-state index contributed by atoms with van der Waals surface area (Å²) in [7, 11) is 0. The Morgan fingerprint density at radius 1 is 1.23 bits per heavy atom. The first-order valence-corrected chi connectivity index (χ1v) is 7.96. The molecule has 0 saturated heterocycles. The highest BCUT2D eigenvalue weighted by Crippen LogP contribution is 2.30. The van der Waals surface area contributed by atoms with Gasteiger partial charge in [0, 0.05) is 17.1 Å². The molecule has 0 fully saturated rings. The van der Waals surface area contributed by atoms with Gasteiger partial charge in [-0.25, -0.2) is 4.98 Å². The molecule has 4 nitrogen and oxygen atoms in total. The highest BCUT2D eigenvalue weighted by atomic mass is 32.2. The van der Waals surface area contributed by atoms with E-state index >= 15 is 0 Å². The number of halogens is 3. The Bertz CT molecular complexity index is 739. The molecule has 22 heavy (non-hydrogen) atoms. The van der Waals surface area contributed by atoms with Crippen molar-refractivity contribution < 1.29 is 17.7 Å². The summed E-state index contributed by atoms with van der Waals surface area (Å²) in [4.78, 5) is 8.00. The van der Waals surface area contributed by atoms with Crippen molar-refractivity contribution in [2.45, 2.75) is 17.0 Å². The van der Waals surface area contributed by atoms with E-state index < -0.39 is 11.7 Å². The predicted molar refractivity (Wildman–Crippen MR) is 76.4 cm³/mol. The van der Waals surface area contributed by atoms with Gasteiger partial charge in [-0.2, -0.15) is 29.5 Å². The number of hydrogen-bond acceptors (Lipinski definition) is 6. The lowest BCUT2D eigenvalue weighted by molar-refractivity contribution is -0.137. The minimum atomic E-state index is -4.38. The second kappa shape index (κ2) is 6.09. The lowest BCUT2D eigenvalue weighted by Gasteiger charge is -2.05. The average molecular weight is 343 g/mol. The molecular formula is C13H8F3N3OS2. The van der Waals surface area contributed by atoms with E-state index in [1.54, 1.807) is 0 Å². The first-order chi connectivity index (χ1) is 10.5. The molecule has 0 aliphatic heterocycles. The van der Waals surface area contributed by atoms with E-state index in [1.165, 1.54) is 29.2 Å². The summed E-state index contributed by atoms with van der Waals surface area (Å²) in [6.07, 6.45) is -3.56. The molecule has 3 aromatic heterocycles. The second-order valence-corrected chi connectivity index (χ2v) is 5.97. The minimum absolute atomic E-state index is 0.343. The van der Waals surface area contributed by atoms with Crippen LogP contribution in [-0.2, 0) is 11.9 Å². The fraction of sp³-hybridized carbons (Fsp3) is 0.154. The summed E-state index contributed by atoms with van der Waals surface area (Å²) in [5.41, 5.74) is 0.104. The molecular weight excluding hydrogens is 335 g/mol. The molecule has 0 bridgehead atoms. The molecule has 0 saturated carbocycles. The van der Waals surface area contributed by atoms with E-state index in [2.05, 4.69) is 15.1 Å². The summed E-state index contributed by atoms with van der Waals surface area (Å²) >= 11 is 2.76. The van der Waals surface area contributed by atoms with Crippen molar-refractivity contribution in [3.8, 4) is 11.4 Å². The molecule has 114 valence electrons. The van der Waals surface area contributed by atoms with Crippen molar-refractivity contribution in [2.75, 3.05) is 0 Å². The lowest BCUT2D eigenvalue weighted by Crippen LogP contribution is -2.05. The molecule has 0 unspecified atom stereocenters. The first-order valence-electron chi connectivity index (χ1n) is 6.03. The van der Waals surface area contributed by atoms with Gasteiger partial charge in [0.05, 0.1) is 16.3 Å². The maximum Gasteiger partial charge on any atom is 0.417 e. The van der Waals surface area contributed by atoms with Crippen molar-refractivity contribution in [1.82, 2.24) is 15.1 Å². The Balaban J connectivity index is 1.63. The zero-order valence-electron chi connectivity index (χ0n) is 10.9. The first kappa shape index (κ1) is 15.0. The van der Waals surface area contributed by atoms with E-state index in [4.69, 9.17) is 4.52 Å². The number of thioether (sulfide) groups is 1. The molecule has 0 radical (unpaired) electrons. The number of hydrogen-bond donors (Lipinski definition) is 0. The molecule has 0 aromatic carbocycles. The van der Waals surface area contributed by atoms with Crippen molar-refractivity contribution in [3.05, 3.63) is 46.6 Å². The van der Waals surface area contributed by atoms with E-state index in [0.717, 1.165) is 17.8 Å². The predicted octanol–water partition coefficient (Wildman–Crippen LogP) is 4.50. The topological polar surface area (TPSA) is 51.8 Å². The van der Waals surface area contributed by atoms with Gasteiger partial charge < -0.3 is 4.52 Å². The molecule has 0 N–H and O–H groups in total. The van der Waals surface area contributed by atoms with Crippen LogP contribution in [0.2, 0.25) is 0 Å². The Morgan fingerprint density at radius 2 is 2.09 bits per heavy atom. The van der Waals surface area contributed by atoms with Crippen LogP contribution in [0.1, 0.15) is 11.5 Å². The normalized spacial score (nSPS) is 11.8. The summed E-state index contributed by atoms with van der Waals surface area (Å²) in [6.45, 7) is 0. The van der Waals surface area contributed by atoms with Gasteiger partial charge in [-0.3, -0.25) is 0 Å². The molecule has 3 aromatic rings. The molecule has 0 spiro atoms. The molecule has 0 atom stereocenters.